The van der Waals surface area contributed by atoms with Gasteiger partial charge in [-0.3, -0.25) is 14.4 Å². The Morgan fingerprint density at radius 2 is 1.64 bits per heavy atom. The fourth-order valence-electron chi connectivity index (χ4n) is 5.15. The number of hydrogen-bond donors (Lipinski definition) is 0. The predicted molar refractivity (Wildman–Crippen MR) is 136 cm³/mol. The minimum absolute atomic E-state index is 0.675. The minimum Gasteiger partial charge on any atom is -0.298 e. The highest BCUT2D eigenvalue weighted by molar-refractivity contribution is 5.67. The van der Waals surface area contributed by atoms with Crippen LogP contribution in [-0.2, 0) is 6.54 Å². The summed E-state index contributed by atoms with van der Waals surface area (Å²) in [7, 11) is 0. The van der Waals surface area contributed by atoms with Crippen LogP contribution in [-0.4, -0.2) is 52.1 Å². The third-order valence-electron chi connectivity index (χ3n) is 6.79. The summed E-state index contributed by atoms with van der Waals surface area (Å²) in [5, 5.41) is 0. The molecule has 3 aromatic rings. The van der Waals surface area contributed by atoms with Crippen molar-refractivity contribution in [1.29, 1.82) is 0 Å². The van der Waals surface area contributed by atoms with Gasteiger partial charge in [-0.25, -0.2) is 4.98 Å². The molecule has 1 unspecified atom stereocenters. The fraction of sp³-hybridized carbons (Fsp3) is 0.345. The standard InChI is InChI=1S/C29H34N4/c1-23-9-8-10-25(19-23)21-31-15-17-32(18-16-31)22-27-20-24(2)33(28-13-6-7-14-30-28)29(27)26-11-4-3-5-12-26/h3-8,10-14,19-20,23H,9,15-18,21-22H2,1-2H3. The summed E-state index contributed by atoms with van der Waals surface area (Å²) in [6.45, 7) is 11.0. The van der Waals surface area contributed by atoms with Crippen molar-refractivity contribution in [2.45, 2.75) is 26.8 Å². The van der Waals surface area contributed by atoms with Gasteiger partial charge >= 0.3 is 0 Å². The molecule has 4 nitrogen and oxygen atoms in total. The van der Waals surface area contributed by atoms with E-state index in [1.165, 1.54) is 34.5 Å². The number of allylic oxidation sites excluding steroid dienone is 2. The van der Waals surface area contributed by atoms with Crippen molar-refractivity contribution in [1.82, 2.24) is 19.4 Å². The van der Waals surface area contributed by atoms with E-state index < -0.39 is 0 Å². The van der Waals surface area contributed by atoms with E-state index in [1.807, 2.05) is 12.3 Å². The summed E-state index contributed by atoms with van der Waals surface area (Å²) in [6.07, 6.45) is 10.2. The Kier molecular flexibility index (Phi) is 6.56. The second-order valence-electron chi connectivity index (χ2n) is 9.46. The second-order valence-corrected chi connectivity index (χ2v) is 9.46. The third kappa shape index (κ3) is 5.02. The highest BCUT2D eigenvalue weighted by Crippen LogP contribution is 2.31. The van der Waals surface area contributed by atoms with E-state index in [0.29, 0.717) is 5.92 Å². The van der Waals surface area contributed by atoms with E-state index in [-0.39, 0.29) is 0 Å². The smallest absolute Gasteiger partial charge is 0.137 e. The Morgan fingerprint density at radius 3 is 2.33 bits per heavy atom. The first kappa shape index (κ1) is 21.9. The molecule has 1 atom stereocenters. The average molecular weight is 439 g/mol. The summed E-state index contributed by atoms with van der Waals surface area (Å²) in [5.41, 5.74) is 6.60. The first-order valence-corrected chi connectivity index (χ1v) is 12.2. The molecular weight excluding hydrogens is 404 g/mol. The molecule has 2 aliphatic rings. The maximum absolute atomic E-state index is 4.66. The molecule has 5 rings (SSSR count). The molecule has 1 fully saturated rings. The number of nitrogens with zero attached hydrogens (tertiary/aromatic N) is 4. The molecule has 4 heteroatoms. The van der Waals surface area contributed by atoms with Gasteiger partial charge in [-0.1, -0.05) is 61.5 Å². The van der Waals surface area contributed by atoms with Gasteiger partial charge < -0.3 is 0 Å². The lowest BCUT2D eigenvalue weighted by Gasteiger charge is -2.35. The Labute approximate surface area is 197 Å². The minimum atomic E-state index is 0.675. The van der Waals surface area contributed by atoms with Crippen LogP contribution >= 0.6 is 0 Å². The molecule has 33 heavy (non-hydrogen) atoms. The Hall–Kier alpha value is -2.95. The van der Waals surface area contributed by atoms with Crippen molar-refractivity contribution in [3.63, 3.8) is 0 Å². The molecule has 0 bridgehead atoms. The molecule has 1 aliphatic heterocycles. The molecule has 170 valence electrons. The topological polar surface area (TPSA) is 24.3 Å². The number of benzene rings is 1. The number of hydrogen-bond acceptors (Lipinski definition) is 3. The van der Waals surface area contributed by atoms with E-state index >= 15 is 0 Å². The normalized spacial score (nSPS) is 19.6. The summed E-state index contributed by atoms with van der Waals surface area (Å²) in [4.78, 5) is 9.87. The quantitative estimate of drug-likeness (QED) is 0.509. The Bertz CT molecular complexity index is 1120. The van der Waals surface area contributed by atoms with E-state index in [9.17, 15) is 0 Å². The van der Waals surface area contributed by atoms with Crippen molar-refractivity contribution in [3.8, 4) is 17.1 Å². The van der Waals surface area contributed by atoms with Crippen molar-refractivity contribution in [2.24, 2.45) is 5.92 Å². The number of aryl methyl sites for hydroxylation is 1. The average Bonchev–Trinajstić information content (AvgIpc) is 3.17. The predicted octanol–water partition coefficient (Wildman–Crippen LogP) is 5.49. The zero-order valence-corrected chi connectivity index (χ0v) is 19.8. The lowest BCUT2D eigenvalue weighted by molar-refractivity contribution is 0.135. The van der Waals surface area contributed by atoms with Crippen LogP contribution < -0.4 is 0 Å². The van der Waals surface area contributed by atoms with Gasteiger partial charge in [-0.15, -0.1) is 0 Å². The van der Waals surface area contributed by atoms with Gasteiger partial charge in [-0.2, -0.15) is 0 Å². The fourth-order valence-corrected chi connectivity index (χ4v) is 5.15. The molecule has 0 N–H and O–H groups in total. The van der Waals surface area contributed by atoms with Crippen molar-refractivity contribution in [2.75, 3.05) is 32.7 Å². The molecule has 1 aliphatic carbocycles. The molecule has 2 aromatic heterocycles. The third-order valence-corrected chi connectivity index (χ3v) is 6.79. The van der Waals surface area contributed by atoms with Crippen molar-refractivity contribution in [3.05, 3.63) is 95.9 Å². The molecule has 0 saturated carbocycles. The number of rotatable bonds is 6. The van der Waals surface area contributed by atoms with Crippen molar-refractivity contribution < 1.29 is 0 Å². The zero-order chi connectivity index (χ0) is 22.6. The second kappa shape index (κ2) is 9.90. The maximum Gasteiger partial charge on any atom is 0.137 e. The van der Waals surface area contributed by atoms with E-state index in [0.717, 1.165) is 45.1 Å². The molecule has 0 radical (unpaired) electrons. The van der Waals surface area contributed by atoms with Crippen LogP contribution in [0.1, 0.15) is 24.6 Å². The van der Waals surface area contributed by atoms with Gasteiger partial charge in [0.15, 0.2) is 0 Å². The van der Waals surface area contributed by atoms with Crippen LogP contribution in [0, 0.1) is 12.8 Å². The molecule has 3 heterocycles. The SMILES string of the molecule is Cc1cc(CN2CCN(CC3=CC(C)CC=C3)CC2)c(-c2ccccc2)n1-c1ccccn1. The summed E-state index contributed by atoms with van der Waals surface area (Å²) < 4.78 is 2.31. The van der Waals surface area contributed by atoms with Crippen LogP contribution in [0.2, 0.25) is 0 Å². The van der Waals surface area contributed by atoms with Crippen molar-refractivity contribution >= 4 is 0 Å². The van der Waals surface area contributed by atoms with Gasteiger partial charge in [0.25, 0.3) is 0 Å². The van der Waals surface area contributed by atoms with Gasteiger partial charge in [0, 0.05) is 51.2 Å². The highest BCUT2D eigenvalue weighted by atomic mass is 15.3. The van der Waals surface area contributed by atoms with Gasteiger partial charge in [0.1, 0.15) is 5.82 Å². The zero-order valence-electron chi connectivity index (χ0n) is 19.8. The van der Waals surface area contributed by atoms with Crippen LogP contribution in [0.4, 0.5) is 0 Å². The Morgan fingerprint density at radius 1 is 0.909 bits per heavy atom. The lowest BCUT2D eigenvalue weighted by atomic mass is 9.97. The van der Waals surface area contributed by atoms with Crippen LogP contribution in [0.15, 0.2) is 84.6 Å². The van der Waals surface area contributed by atoms with Crippen LogP contribution in [0.5, 0.6) is 0 Å². The summed E-state index contributed by atoms with van der Waals surface area (Å²) >= 11 is 0. The molecule has 1 aromatic carbocycles. The Balaban J connectivity index is 1.34. The number of pyridine rings is 1. The first-order valence-electron chi connectivity index (χ1n) is 12.2. The lowest BCUT2D eigenvalue weighted by Crippen LogP contribution is -2.46. The van der Waals surface area contributed by atoms with E-state index in [1.54, 1.807) is 0 Å². The van der Waals surface area contributed by atoms with Gasteiger partial charge in [-0.05, 0) is 54.2 Å². The molecule has 0 spiro atoms. The van der Waals surface area contributed by atoms with Crippen LogP contribution in [0.3, 0.4) is 0 Å². The monoisotopic (exact) mass is 438 g/mol. The first-order chi connectivity index (χ1) is 16.2. The molecule has 0 amide bonds. The van der Waals surface area contributed by atoms with Gasteiger partial charge in [0.2, 0.25) is 0 Å². The van der Waals surface area contributed by atoms with E-state index in [4.69, 9.17) is 0 Å². The van der Waals surface area contributed by atoms with Gasteiger partial charge in [0.05, 0.1) is 5.69 Å². The largest absolute Gasteiger partial charge is 0.298 e. The molecule has 1 saturated heterocycles. The maximum atomic E-state index is 4.66. The highest BCUT2D eigenvalue weighted by Gasteiger charge is 2.22. The number of aromatic nitrogens is 2. The van der Waals surface area contributed by atoms with Crippen LogP contribution in [0.25, 0.3) is 17.1 Å². The number of piperazine rings is 1. The molecular formula is C29H34N4. The van der Waals surface area contributed by atoms with E-state index in [2.05, 4.69) is 100.0 Å². The summed E-state index contributed by atoms with van der Waals surface area (Å²) in [5.74, 6) is 1.65. The summed E-state index contributed by atoms with van der Waals surface area (Å²) in [6, 6.07) is 19.2.